The van der Waals surface area contributed by atoms with Crippen LogP contribution in [0.15, 0.2) is 42.9 Å². The summed E-state index contributed by atoms with van der Waals surface area (Å²) in [5.41, 5.74) is 5.83. The number of aryl methyl sites for hydroxylation is 2. The van der Waals surface area contributed by atoms with E-state index in [9.17, 15) is 23.1 Å². The maximum Gasteiger partial charge on any atom is 0.423 e. The van der Waals surface area contributed by atoms with Crippen LogP contribution in [0, 0.1) is 0 Å². The first kappa shape index (κ1) is 23.7. The molecule has 4 rings (SSSR count). The molecule has 180 valence electrons. The van der Waals surface area contributed by atoms with Crippen molar-refractivity contribution in [1.29, 1.82) is 0 Å². The van der Waals surface area contributed by atoms with Gasteiger partial charge in [0.05, 0.1) is 18.0 Å². The van der Waals surface area contributed by atoms with Crippen molar-refractivity contribution in [1.82, 2.24) is 19.4 Å². The van der Waals surface area contributed by atoms with Crippen LogP contribution in [0.5, 0.6) is 0 Å². The number of amides is 1. The average molecular weight is 473 g/mol. The summed E-state index contributed by atoms with van der Waals surface area (Å²) in [6.45, 7) is 2.21. The monoisotopic (exact) mass is 473 g/mol. The summed E-state index contributed by atoms with van der Waals surface area (Å²) in [6.07, 6.45) is -1.52. The maximum atomic E-state index is 12.7. The van der Waals surface area contributed by atoms with E-state index in [1.54, 1.807) is 18.6 Å². The first-order valence-corrected chi connectivity index (χ1v) is 11.0. The van der Waals surface area contributed by atoms with Gasteiger partial charge in [0.25, 0.3) is 5.91 Å². The summed E-state index contributed by atoms with van der Waals surface area (Å²) < 4.78 is 39.9. The lowest BCUT2D eigenvalue weighted by Gasteiger charge is -2.29. The molecule has 0 spiro atoms. The number of hydrogen-bond donors (Lipinski definition) is 1. The fourth-order valence-electron chi connectivity index (χ4n) is 4.17. The van der Waals surface area contributed by atoms with Gasteiger partial charge in [-0.15, -0.1) is 0 Å². The quantitative estimate of drug-likeness (QED) is 0.610. The number of benzene rings is 1. The van der Waals surface area contributed by atoms with Crippen LogP contribution in [0.3, 0.4) is 0 Å². The zero-order valence-corrected chi connectivity index (χ0v) is 19.2. The molecule has 0 saturated carbocycles. The van der Waals surface area contributed by atoms with Gasteiger partial charge in [-0.3, -0.25) is 4.79 Å². The lowest BCUT2D eigenvalue weighted by Crippen LogP contribution is -2.47. The van der Waals surface area contributed by atoms with Gasteiger partial charge in [-0.25, -0.2) is 9.97 Å². The number of carbonyl (C=O) groups is 1. The van der Waals surface area contributed by atoms with Crippen molar-refractivity contribution in [2.75, 3.05) is 25.0 Å². The van der Waals surface area contributed by atoms with Gasteiger partial charge in [0.15, 0.2) is 0 Å². The van der Waals surface area contributed by atoms with Crippen LogP contribution in [0.2, 0.25) is 0 Å². The third-order valence-electron chi connectivity index (χ3n) is 6.20. The Balaban J connectivity index is 1.55. The van der Waals surface area contributed by atoms with E-state index in [0.29, 0.717) is 6.42 Å². The first-order chi connectivity index (χ1) is 16.1. The summed E-state index contributed by atoms with van der Waals surface area (Å²) >= 11 is 0. The number of fused-ring (bicyclic) bond motifs is 1. The summed E-state index contributed by atoms with van der Waals surface area (Å²) in [5.74, 6) is -0.528. The van der Waals surface area contributed by atoms with Crippen LogP contribution in [-0.4, -0.2) is 62.9 Å². The van der Waals surface area contributed by atoms with Gasteiger partial charge in [0.2, 0.25) is 6.10 Å². The molecule has 10 heteroatoms. The molecule has 2 aromatic heterocycles. The highest BCUT2D eigenvalue weighted by atomic mass is 19.4. The Labute approximate surface area is 195 Å². The van der Waals surface area contributed by atoms with Crippen molar-refractivity contribution in [2.45, 2.75) is 32.0 Å². The molecule has 0 aliphatic carbocycles. The molecule has 0 fully saturated rings. The molecule has 1 aliphatic rings. The number of carbonyl (C=O) groups excluding carboxylic acids is 1. The number of anilines is 2. The molecule has 1 N–H and O–H groups in total. The SMILES string of the molecule is CCc1cc(C2=CCN(C(=O)C(O)C(F)(F)F)CC2)ccc1N(C)c1cc2c(cn1)ncn2C. The Morgan fingerprint density at radius 1 is 1.26 bits per heavy atom. The van der Waals surface area contributed by atoms with Crippen LogP contribution >= 0.6 is 0 Å². The maximum absolute atomic E-state index is 12.7. The van der Waals surface area contributed by atoms with E-state index in [4.69, 9.17) is 0 Å². The van der Waals surface area contributed by atoms with Crippen LogP contribution in [0.4, 0.5) is 24.7 Å². The lowest BCUT2D eigenvalue weighted by molar-refractivity contribution is -0.210. The topological polar surface area (TPSA) is 74.5 Å². The molecular weight excluding hydrogens is 447 g/mol. The van der Waals surface area contributed by atoms with E-state index in [-0.39, 0.29) is 13.1 Å². The number of imidazole rings is 1. The third kappa shape index (κ3) is 4.50. The molecule has 1 amide bonds. The summed E-state index contributed by atoms with van der Waals surface area (Å²) in [7, 11) is 3.88. The van der Waals surface area contributed by atoms with Gasteiger partial charge >= 0.3 is 6.18 Å². The van der Waals surface area contributed by atoms with E-state index in [1.165, 1.54) is 0 Å². The zero-order valence-electron chi connectivity index (χ0n) is 19.2. The standard InChI is InChI=1S/C24H26F3N5O2/c1-4-15-11-17(16-7-9-32(10-8-16)23(34)22(33)24(25,26)27)5-6-19(15)31(3)21-12-20-18(13-28-21)29-14-30(20)2/h5-7,11-14,22,33H,4,8-10H2,1-3H3. The van der Waals surface area contributed by atoms with Crippen LogP contribution in [0.1, 0.15) is 24.5 Å². The number of rotatable bonds is 5. The second-order valence-electron chi connectivity index (χ2n) is 8.35. The van der Waals surface area contributed by atoms with Crippen LogP contribution in [0.25, 0.3) is 16.6 Å². The van der Waals surface area contributed by atoms with Crippen molar-refractivity contribution < 1.29 is 23.1 Å². The smallest absolute Gasteiger partial charge is 0.376 e. The van der Waals surface area contributed by atoms with Crippen molar-refractivity contribution in [3.05, 3.63) is 54.0 Å². The van der Waals surface area contributed by atoms with Crippen molar-refractivity contribution in [3.8, 4) is 0 Å². The third-order valence-corrected chi connectivity index (χ3v) is 6.20. The second kappa shape index (κ2) is 9.09. The number of halogens is 3. The molecule has 7 nitrogen and oxygen atoms in total. The normalized spacial score (nSPS) is 15.4. The number of pyridine rings is 1. The van der Waals surface area contributed by atoms with E-state index in [2.05, 4.69) is 23.0 Å². The Morgan fingerprint density at radius 3 is 2.68 bits per heavy atom. The molecule has 1 aromatic carbocycles. The molecule has 34 heavy (non-hydrogen) atoms. The summed E-state index contributed by atoms with van der Waals surface area (Å²) in [6, 6.07) is 8.04. The molecule has 3 heterocycles. The van der Waals surface area contributed by atoms with Crippen molar-refractivity contribution in [2.24, 2.45) is 7.05 Å². The number of aromatic nitrogens is 3. The molecule has 1 atom stereocenters. The molecule has 0 saturated heterocycles. The summed E-state index contributed by atoms with van der Waals surface area (Å²) in [4.78, 5) is 23.8. The number of hydrogen-bond acceptors (Lipinski definition) is 5. The number of alkyl halides is 3. The van der Waals surface area contributed by atoms with Gasteiger partial charge < -0.3 is 19.5 Å². The van der Waals surface area contributed by atoms with Crippen molar-refractivity contribution >= 4 is 34.0 Å². The van der Waals surface area contributed by atoms with E-state index in [0.717, 1.165) is 50.6 Å². The van der Waals surface area contributed by atoms with Crippen molar-refractivity contribution in [3.63, 3.8) is 0 Å². The minimum Gasteiger partial charge on any atom is -0.376 e. The van der Waals surface area contributed by atoms with Gasteiger partial charge in [-0.05, 0) is 41.7 Å². The lowest BCUT2D eigenvalue weighted by atomic mass is 9.95. The predicted molar refractivity (Wildman–Crippen MR) is 124 cm³/mol. The van der Waals surface area contributed by atoms with Crippen LogP contribution in [-0.2, 0) is 18.3 Å². The highest BCUT2D eigenvalue weighted by Gasteiger charge is 2.45. The Hall–Kier alpha value is -3.40. The Kier molecular flexibility index (Phi) is 6.35. The number of nitrogens with zero attached hydrogens (tertiary/aromatic N) is 5. The van der Waals surface area contributed by atoms with E-state index >= 15 is 0 Å². The van der Waals surface area contributed by atoms with Crippen LogP contribution < -0.4 is 4.90 Å². The molecule has 0 radical (unpaired) electrons. The number of aliphatic hydroxyl groups is 1. The molecule has 0 bridgehead atoms. The minimum atomic E-state index is -4.96. The largest absolute Gasteiger partial charge is 0.423 e. The fraction of sp³-hybridized carbons (Fsp3) is 0.375. The van der Waals surface area contributed by atoms with Gasteiger partial charge in [0.1, 0.15) is 11.3 Å². The molecule has 1 aliphatic heterocycles. The second-order valence-corrected chi connectivity index (χ2v) is 8.35. The fourth-order valence-corrected chi connectivity index (χ4v) is 4.17. The predicted octanol–water partition coefficient (Wildman–Crippen LogP) is 3.84. The zero-order chi connectivity index (χ0) is 24.6. The van der Waals surface area contributed by atoms with Gasteiger partial charge in [-0.2, -0.15) is 13.2 Å². The Morgan fingerprint density at radius 2 is 2.03 bits per heavy atom. The van der Waals surface area contributed by atoms with E-state index in [1.807, 2.05) is 41.8 Å². The van der Waals surface area contributed by atoms with E-state index < -0.39 is 18.2 Å². The highest BCUT2D eigenvalue weighted by molar-refractivity contribution is 5.83. The first-order valence-electron chi connectivity index (χ1n) is 11.0. The van der Waals surface area contributed by atoms with Gasteiger partial charge in [-0.1, -0.05) is 19.1 Å². The molecule has 1 unspecified atom stereocenters. The highest BCUT2D eigenvalue weighted by Crippen LogP contribution is 2.32. The number of aliphatic hydroxyl groups excluding tert-OH is 1. The molecular formula is C24H26F3N5O2. The van der Waals surface area contributed by atoms with Gasteiger partial charge in [0, 0.05) is 38.9 Å². The minimum absolute atomic E-state index is 0.0268. The Bertz CT molecular complexity index is 1250. The average Bonchev–Trinajstić information content (AvgIpc) is 3.21. The molecule has 3 aromatic rings. The summed E-state index contributed by atoms with van der Waals surface area (Å²) in [5, 5.41) is 9.24.